The molecule has 3 rings (SSSR count). The van der Waals surface area contributed by atoms with Gasteiger partial charge in [-0.05, 0) is 45.4 Å². The Balaban J connectivity index is 1.68. The second-order valence-electron chi connectivity index (χ2n) is 7.61. The van der Waals surface area contributed by atoms with Crippen LogP contribution >= 0.6 is 0 Å². The highest BCUT2D eigenvalue weighted by Gasteiger charge is 2.30. The number of Topliss-reactive ketones (excluding diaryl/α,β-unsaturated/α-hetero) is 1. The number of piperazine rings is 1. The summed E-state index contributed by atoms with van der Waals surface area (Å²) in [5.41, 5.74) is 3.43. The van der Waals surface area contributed by atoms with Crippen LogP contribution in [0.15, 0.2) is 24.3 Å². The molecule has 0 saturated carbocycles. The van der Waals surface area contributed by atoms with Crippen molar-refractivity contribution in [1.29, 1.82) is 0 Å². The predicted molar refractivity (Wildman–Crippen MR) is 117 cm³/mol. The number of aromatic nitrogens is 1. The molecule has 1 aliphatic rings. The number of methoxy groups -OCH3 is 1. The topological polar surface area (TPSA) is 74.9 Å². The monoisotopic (exact) mass is 413 g/mol. The molecule has 1 aromatic heterocycles. The minimum absolute atomic E-state index is 0.000906. The van der Waals surface area contributed by atoms with Crippen molar-refractivity contribution in [3.63, 3.8) is 0 Å². The summed E-state index contributed by atoms with van der Waals surface area (Å²) < 4.78 is 10.5. The number of aromatic amines is 1. The number of rotatable bonds is 7. The number of hydrogen-bond acceptors (Lipinski definition) is 6. The van der Waals surface area contributed by atoms with E-state index in [1.807, 2.05) is 25.1 Å². The molecule has 1 aromatic carbocycles. The summed E-state index contributed by atoms with van der Waals surface area (Å²) in [5, 5.41) is 0. The van der Waals surface area contributed by atoms with Crippen molar-refractivity contribution in [3.05, 3.63) is 46.8 Å². The van der Waals surface area contributed by atoms with E-state index in [4.69, 9.17) is 9.47 Å². The average Bonchev–Trinajstić information content (AvgIpc) is 3.07. The largest absolute Gasteiger partial charge is 0.497 e. The smallest absolute Gasteiger partial charge is 0.340 e. The Bertz CT molecular complexity index is 913. The van der Waals surface area contributed by atoms with Crippen molar-refractivity contribution in [2.24, 2.45) is 0 Å². The van der Waals surface area contributed by atoms with Crippen molar-refractivity contribution in [3.8, 4) is 5.75 Å². The summed E-state index contributed by atoms with van der Waals surface area (Å²) in [6, 6.07) is 7.76. The lowest BCUT2D eigenvalue weighted by Gasteiger charge is -2.38. The molecule has 7 nitrogen and oxygen atoms in total. The fourth-order valence-electron chi connectivity index (χ4n) is 4.06. The fraction of sp³-hybridized carbons (Fsp3) is 0.478. The van der Waals surface area contributed by atoms with Gasteiger partial charge in [-0.15, -0.1) is 0 Å². The van der Waals surface area contributed by atoms with Gasteiger partial charge in [-0.25, -0.2) is 4.79 Å². The highest BCUT2D eigenvalue weighted by atomic mass is 16.5. The van der Waals surface area contributed by atoms with Crippen molar-refractivity contribution < 1.29 is 19.1 Å². The van der Waals surface area contributed by atoms with Crippen LogP contribution < -0.4 is 9.64 Å². The maximum Gasteiger partial charge on any atom is 0.340 e. The molecule has 30 heavy (non-hydrogen) atoms. The van der Waals surface area contributed by atoms with Crippen LogP contribution in [0.2, 0.25) is 0 Å². The lowest BCUT2D eigenvalue weighted by molar-refractivity contribution is 0.0525. The molecule has 0 unspecified atom stereocenters. The quantitative estimate of drug-likeness (QED) is 0.555. The van der Waals surface area contributed by atoms with Gasteiger partial charge in [0, 0.05) is 43.6 Å². The van der Waals surface area contributed by atoms with Crippen molar-refractivity contribution in [2.45, 2.75) is 33.7 Å². The number of benzene rings is 1. The van der Waals surface area contributed by atoms with Crippen LogP contribution in [0.25, 0.3) is 0 Å². The van der Waals surface area contributed by atoms with E-state index in [0.29, 0.717) is 29.1 Å². The van der Waals surface area contributed by atoms with Gasteiger partial charge in [0.15, 0.2) is 5.78 Å². The Kier molecular flexibility index (Phi) is 6.82. The van der Waals surface area contributed by atoms with Crippen molar-refractivity contribution in [1.82, 2.24) is 9.88 Å². The molecule has 2 aromatic rings. The van der Waals surface area contributed by atoms with E-state index in [-0.39, 0.29) is 17.8 Å². The number of anilines is 1. The first kappa shape index (κ1) is 21.9. The average molecular weight is 414 g/mol. The number of esters is 1. The van der Waals surface area contributed by atoms with E-state index in [1.54, 1.807) is 27.9 Å². The highest BCUT2D eigenvalue weighted by molar-refractivity contribution is 6.03. The Hall–Kier alpha value is -2.80. The molecular weight excluding hydrogens is 382 g/mol. The molecule has 0 bridgehead atoms. The van der Waals surface area contributed by atoms with Gasteiger partial charge in [-0.3, -0.25) is 9.69 Å². The number of hydrogen-bond donors (Lipinski definition) is 1. The first-order valence-corrected chi connectivity index (χ1v) is 10.4. The Morgan fingerprint density at radius 1 is 1.17 bits per heavy atom. The van der Waals surface area contributed by atoms with Gasteiger partial charge in [0.1, 0.15) is 5.75 Å². The molecule has 1 aliphatic heterocycles. The van der Waals surface area contributed by atoms with E-state index in [1.165, 1.54) is 0 Å². The lowest BCUT2D eigenvalue weighted by atomic mass is 10.0. The third-order valence-corrected chi connectivity index (χ3v) is 5.82. The van der Waals surface area contributed by atoms with E-state index >= 15 is 0 Å². The molecule has 2 heterocycles. The first-order valence-electron chi connectivity index (χ1n) is 10.4. The molecule has 0 aliphatic carbocycles. The minimum Gasteiger partial charge on any atom is -0.497 e. The molecule has 1 atom stereocenters. The van der Waals surface area contributed by atoms with E-state index in [0.717, 1.165) is 37.6 Å². The number of nitrogens with one attached hydrogen (secondary N) is 1. The number of ether oxygens (including phenoxy) is 2. The summed E-state index contributed by atoms with van der Waals surface area (Å²) in [4.78, 5) is 33.0. The Labute approximate surface area is 178 Å². The molecule has 0 radical (unpaired) electrons. The van der Waals surface area contributed by atoms with Crippen LogP contribution in [0.3, 0.4) is 0 Å². The van der Waals surface area contributed by atoms with Gasteiger partial charge in [0.25, 0.3) is 0 Å². The summed E-state index contributed by atoms with van der Waals surface area (Å²) in [7, 11) is 1.67. The standard InChI is InChI=1S/C23H31N3O4/c1-6-30-23(28)20-15(2)21(24-16(20)3)22(27)17(4)25-10-12-26(13-11-25)18-8-7-9-19(14-18)29-5/h7-9,14,17,24H,6,10-13H2,1-5H3/t17-/m0/s1. The van der Waals surface area contributed by atoms with E-state index in [9.17, 15) is 9.59 Å². The SMILES string of the molecule is CCOC(=O)c1c(C)[nH]c(C(=O)[C@H](C)N2CCN(c3cccc(OC)c3)CC2)c1C. The number of aryl methyl sites for hydroxylation is 1. The summed E-state index contributed by atoms with van der Waals surface area (Å²) in [5.74, 6) is 0.455. The normalized spacial score (nSPS) is 15.7. The zero-order valence-electron chi connectivity index (χ0n) is 18.4. The summed E-state index contributed by atoms with van der Waals surface area (Å²) in [6.07, 6.45) is 0. The summed E-state index contributed by atoms with van der Waals surface area (Å²) >= 11 is 0. The molecule has 0 amide bonds. The number of H-pyrrole nitrogens is 1. The molecule has 7 heteroatoms. The number of ketones is 1. The van der Waals surface area contributed by atoms with Crippen LogP contribution in [-0.4, -0.2) is 67.6 Å². The van der Waals surface area contributed by atoms with Crippen LogP contribution in [0.4, 0.5) is 5.69 Å². The zero-order chi connectivity index (χ0) is 21.8. The number of nitrogens with zero attached hydrogens (tertiary/aromatic N) is 2. The van der Waals surface area contributed by atoms with Crippen molar-refractivity contribution in [2.75, 3.05) is 44.8 Å². The van der Waals surface area contributed by atoms with Crippen LogP contribution in [0.5, 0.6) is 5.75 Å². The number of carbonyl (C=O) groups excluding carboxylic acids is 2. The highest BCUT2D eigenvalue weighted by Crippen LogP contribution is 2.24. The minimum atomic E-state index is -0.387. The van der Waals surface area contributed by atoms with Gasteiger partial charge in [0.05, 0.1) is 31.0 Å². The maximum absolute atomic E-state index is 13.2. The van der Waals surface area contributed by atoms with Gasteiger partial charge in [-0.2, -0.15) is 0 Å². The van der Waals surface area contributed by atoms with Gasteiger partial charge in [-0.1, -0.05) is 6.07 Å². The molecule has 0 spiro atoms. The molecule has 1 saturated heterocycles. The third-order valence-electron chi connectivity index (χ3n) is 5.82. The maximum atomic E-state index is 13.2. The molecule has 1 N–H and O–H groups in total. The lowest BCUT2D eigenvalue weighted by Crippen LogP contribution is -2.51. The van der Waals surface area contributed by atoms with Gasteiger partial charge >= 0.3 is 5.97 Å². The molecule has 162 valence electrons. The third kappa shape index (κ3) is 4.36. The van der Waals surface area contributed by atoms with Crippen LogP contribution in [0.1, 0.15) is 46.0 Å². The van der Waals surface area contributed by atoms with Gasteiger partial charge in [0.2, 0.25) is 0 Å². The molecular formula is C23H31N3O4. The van der Waals surface area contributed by atoms with Crippen LogP contribution in [-0.2, 0) is 4.74 Å². The second kappa shape index (κ2) is 9.34. The number of carbonyl (C=O) groups is 2. The second-order valence-corrected chi connectivity index (χ2v) is 7.61. The predicted octanol–water partition coefficient (Wildman–Crippen LogP) is 3.21. The first-order chi connectivity index (χ1) is 14.4. The fourth-order valence-corrected chi connectivity index (χ4v) is 4.06. The van der Waals surface area contributed by atoms with E-state index < -0.39 is 0 Å². The zero-order valence-corrected chi connectivity index (χ0v) is 18.4. The summed E-state index contributed by atoms with van der Waals surface area (Å²) in [6.45, 7) is 10.9. The Morgan fingerprint density at radius 3 is 2.50 bits per heavy atom. The van der Waals surface area contributed by atoms with Crippen LogP contribution in [0, 0.1) is 13.8 Å². The Morgan fingerprint density at radius 2 is 1.87 bits per heavy atom. The van der Waals surface area contributed by atoms with Crippen molar-refractivity contribution >= 4 is 17.4 Å². The molecule has 1 fully saturated rings. The van der Waals surface area contributed by atoms with E-state index in [2.05, 4.69) is 20.9 Å². The van der Waals surface area contributed by atoms with Gasteiger partial charge < -0.3 is 19.4 Å².